The largest absolute Gasteiger partial charge is 0.349 e. The number of amides is 1. The number of carbonyl (C=O) groups is 2. The molecule has 1 aromatic rings. The van der Waals surface area contributed by atoms with Gasteiger partial charge in [-0.3, -0.25) is 14.3 Å². The average Bonchev–Trinajstić information content (AvgIpc) is 2.66. The summed E-state index contributed by atoms with van der Waals surface area (Å²) in [5.74, 6) is -0.0116. The van der Waals surface area contributed by atoms with Crippen molar-refractivity contribution in [3.05, 3.63) is 11.9 Å². The SMILES string of the molecule is CC(=O)c1cn(CCCC(=O)N(C)C)nn1. The molecule has 88 valence electrons. The Balaban J connectivity index is 2.37. The molecule has 1 amide bonds. The van der Waals surface area contributed by atoms with Crippen LogP contribution >= 0.6 is 0 Å². The minimum Gasteiger partial charge on any atom is -0.349 e. The standard InChI is InChI=1S/C10H16N4O2/c1-8(15)9-7-14(12-11-9)6-4-5-10(16)13(2)3/h7H,4-6H2,1-3H3. The third-order valence-corrected chi connectivity index (χ3v) is 2.18. The number of rotatable bonds is 5. The Labute approximate surface area is 94.2 Å². The highest BCUT2D eigenvalue weighted by Crippen LogP contribution is 1.99. The Kier molecular flexibility index (Phi) is 4.16. The maximum Gasteiger partial charge on any atom is 0.222 e. The van der Waals surface area contributed by atoms with Crippen molar-refractivity contribution in [3.8, 4) is 0 Å². The number of hydrogen-bond donors (Lipinski definition) is 0. The lowest BCUT2D eigenvalue weighted by atomic mass is 10.3. The molecule has 1 rings (SSSR count). The van der Waals surface area contributed by atoms with Crippen LogP contribution in [0.3, 0.4) is 0 Å². The molecule has 0 aliphatic heterocycles. The molecule has 6 nitrogen and oxygen atoms in total. The van der Waals surface area contributed by atoms with Gasteiger partial charge in [0.2, 0.25) is 5.91 Å². The Morgan fingerprint density at radius 2 is 2.12 bits per heavy atom. The normalized spacial score (nSPS) is 10.2. The highest BCUT2D eigenvalue weighted by Gasteiger charge is 2.06. The lowest BCUT2D eigenvalue weighted by Crippen LogP contribution is -2.21. The molecule has 0 aliphatic rings. The van der Waals surface area contributed by atoms with E-state index >= 15 is 0 Å². The van der Waals surface area contributed by atoms with Gasteiger partial charge in [-0.1, -0.05) is 5.21 Å². The highest BCUT2D eigenvalue weighted by atomic mass is 16.2. The van der Waals surface area contributed by atoms with Crippen molar-refractivity contribution in [2.45, 2.75) is 26.3 Å². The molecule has 0 fully saturated rings. The van der Waals surface area contributed by atoms with Crippen molar-refractivity contribution >= 4 is 11.7 Å². The van der Waals surface area contributed by atoms with Crippen molar-refractivity contribution in [3.63, 3.8) is 0 Å². The molecule has 0 unspecified atom stereocenters. The van der Waals surface area contributed by atoms with Gasteiger partial charge < -0.3 is 4.90 Å². The summed E-state index contributed by atoms with van der Waals surface area (Å²) in [4.78, 5) is 23.8. The number of ketones is 1. The maximum absolute atomic E-state index is 11.3. The molecule has 0 N–H and O–H groups in total. The lowest BCUT2D eigenvalue weighted by molar-refractivity contribution is -0.128. The fourth-order valence-corrected chi connectivity index (χ4v) is 1.18. The first kappa shape index (κ1) is 12.4. The van der Waals surface area contributed by atoms with Gasteiger partial charge in [-0.15, -0.1) is 5.10 Å². The van der Waals surface area contributed by atoms with Crippen LogP contribution in [-0.4, -0.2) is 45.7 Å². The third kappa shape index (κ3) is 3.45. The van der Waals surface area contributed by atoms with Crippen LogP contribution in [0.25, 0.3) is 0 Å². The molecular formula is C10H16N4O2. The first-order valence-corrected chi connectivity index (χ1v) is 5.12. The number of Topliss-reactive ketones (excluding diaryl/α,β-unsaturated/α-hetero) is 1. The lowest BCUT2D eigenvalue weighted by Gasteiger charge is -2.09. The number of nitrogens with zero attached hydrogens (tertiary/aromatic N) is 4. The zero-order valence-corrected chi connectivity index (χ0v) is 9.80. The van der Waals surface area contributed by atoms with E-state index in [1.54, 1.807) is 29.9 Å². The van der Waals surface area contributed by atoms with Gasteiger partial charge in [0.25, 0.3) is 0 Å². The molecule has 0 bridgehead atoms. The molecular weight excluding hydrogens is 208 g/mol. The van der Waals surface area contributed by atoms with E-state index in [9.17, 15) is 9.59 Å². The van der Waals surface area contributed by atoms with Gasteiger partial charge in [0.05, 0.1) is 6.20 Å². The van der Waals surface area contributed by atoms with E-state index < -0.39 is 0 Å². The Bertz CT molecular complexity index is 384. The summed E-state index contributed by atoms with van der Waals surface area (Å²) in [5, 5.41) is 7.52. The number of carbonyl (C=O) groups excluding carboxylic acids is 2. The van der Waals surface area contributed by atoms with Crippen molar-refractivity contribution < 1.29 is 9.59 Å². The smallest absolute Gasteiger partial charge is 0.222 e. The van der Waals surface area contributed by atoms with Crippen LogP contribution in [0.2, 0.25) is 0 Å². The van der Waals surface area contributed by atoms with E-state index in [1.165, 1.54) is 6.92 Å². The first-order valence-electron chi connectivity index (χ1n) is 5.12. The fraction of sp³-hybridized carbons (Fsp3) is 0.600. The second kappa shape index (κ2) is 5.39. The zero-order chi connectivity index (χ0) is 12.1. The Morgan fingerprint density at radius 3 is 2.62 bits per heavy atom. The molecule has 0 aromatic carbocycles. The van der Waals surface area contributed by atoms with Crippen molar-refractivity contribution in [1.82, 2.24) is 19.9 Å². The third-order valence-electron chi connectivity index (χ3n) is 2.18. The molecule has 0 atom stereocenters. The molecule has 0 saturated heterocycles. The van der Waals surface area contributed by atoms with Gasteiger partial charge >= 0.3 is 0 Å². The van der Waals surface area contributed by atoms with Crippen LogP contribution in [0.15, 0.2) is 6.20 Å². The summed E-state index contributed by atoms with van der Waals surface area (Å²) in [6.07, 6.45) is 2.77. The van der Waals surface area contributed by atoms with E-state index in [2.05, 4.69) is 10.3 Å². The van der Waals surface area contributed by atoms with Crippen molar-refractivity contribution in [2.24, 2.45) is 0 Å². The number of aryl methyl sites for hydroxylation is 1. The topological polar surface area (TPSA) is 68.1 Å². The van der Waals surface area contributed by atoms with Crippen molar-refractivity contribution in [1.29, 1.82) is 0 Å². The number of aromatic nitrogens is 3. The van der Waals surface area contributed by atoms with Crippen LogP contribution in [0.1, 0.15) is 30.3 Å². The summed E-state index contributed by atoms with van der Waals surface area (Å²) in [6.45, 7) is 2.05. The first-order chi connectivity index (χ1) is 7.50. The summed E-state index contributed by atoms with van der Waals surface area (Å²) >= 11 is 0. The fourth-order valence-electron chi connectivity index (χ4n) is 1.18. The van der Waals surface area contributed by atoms with E-state index in [-0.39, 0.29) is 11.7 Å². The van der Waals surface area contributed by atoms with Crippen LogP contribution in [0.4, 0.5) is 0 Å². The predicted octanol–water partition coefficient (Wildman–Crippen LogP) is 0.349. The van der Waals surface area contributed by atoms with E-state index in [4.69, 9.17) is 0 Å². The van der Waals surface area contributed by atoms with Crippen LogP contribution in [-0.2, 0) is 11.3 Å². The van der Waals surface area contributed by atoms with Gasteiger partial charge in [-0.05, 0) is 6.42 Å². The van der Waals surface area contributed by atoms with E-state index in [0.717, 1.165) is 0 Å². The second-order valence-electron chi connectivity index (χ2n) is 3.81. The maximum atomic E-state index is 11.3. The van der Waals surface area contributed by atoms with Gasteiger partial charge in [-0.2, -0.15) is 0 Å². The molecule has 0 radical (unpaired) electrons. The predicted molar refractivity (Wildman–Crippen MR) is 58.0 cm³/mol. The quantitative estimate of drug-likeness (QED) is 0.677. The molecule has 0 spiro atoms. The molecule has 1 aromatic heterocycles. The van der Waals surface area contributed by atoms with E-state index in [0.29, 0.717) is 25.1 Å². The van der Waals surface area contributed by atoms with Gasteiger partial charge in [0.1, 0.15) is 5.69 Å². The van der Waals surface area contributed by atoms with Crippen LogP contribution in [0.5, 0.6) is 0 Å². The minimum atomic E-state index is -0.101. The van der Waals surface area contributed by atoms with Gasteiger partial charge in [-0.25, -0.2) is 0 Å². The summed E-state index contributed by atoms with van der Waals surface area (Å²) < 4.78 is 1.58. The molecule has 6 heteroatoms. The summed E-state index contributed by atoms with van der Waals surface area (Å²) in [5.41, 5.74) is 0.360. The van der Waals surface area contributed by atoms with Gasteiger partial charge in [0.15, 0.2) is 5.78 Å². The number of hydrogen-bond acceptors (Lipinski definition) is 4. The van der Waals surface area contributed by atoms with Crippen molar-refractivity contribution in [2.75, 3.05) is 14.1 Å². The van der Waals surface area contributed by atoms with Gasteiger partial charge in [0, 0.05) is 34.0 Å². The highest BCUT2D eigenvalue weighted by molar-refractivity contribution is 5.91. The summed E-state index contributed by atoms with van der Waals surface area (Å²) in [6, 6.07) is 0. The second-order valence-corrected chi connectivity index (χ2v) is 3.81. The molecule has 1 heterocycles. The van der Waals surface area contributed by atoms with E-state index in [1.807, 2.05) is 0 Å². The molecule has 0 aliphatic carbocycles. The monoisotopic (exact) mass is 224 g/mol. The minimum absolute atomic E-state index is 0.0897. The van der Waals surface area contributed by atoms with Crippen LogP contribution < -0.4 is 0 Å². The Morgan fingerprint density at radius 1 is 1.44 bits per heavy atom. The van der Waals surface area contributed by atoms with Crippen LogP contribution in [0, 0.1) is 0 Å². The zero-order valence-electron chi connectivity index (χ0n) is 9.80. The average molecular weight is 224 g/mol. The Hall–Kier alpha value is -1.72. The molecule has 0 saturated carbocycles. The molecule has 16 heavy (non-hydrogen) atoms. The summed E-state index contributed by atoms with van der Waals surface area (Å²) in [7, 11) is 3.46.